The van der Waals surface area contributed by atoms with E-state index >= 15 is 0 Å². The number of amides is 1. The van der Waals surface area contributed by atoms with E-state index in [1.165, 1.54) is 4.31 Å². The number of hydrogen-bond acceptors (Lipinski definition) is 8. The van der Waals surface area contributed by atoms with E-state index in [4.69, 9.17) is 9.47 Å². The number of nitrogens with zero attached hydrogens (tertiary/aromatic N) is 1. The number of ether oxygens (including phenoxy) is 2. The number of methoxy groups -OCH3 is 2. The lowest BCUT2D eigenvalue weighted by Crippen LogP contribution is -2.49. The number of aliphatic hydroxyl groups is 1. The zero-order valence-corrected chi connectivity index (χ0v) is 27.8. The van der Waals surface area contributed by atoms with Crippen LogP contribution in [0.1, 0.15) is 41.3 Å². The number of sulfonamides is 1. The molecule has 45 heavy (non-hydrogen) atoms. The van der Waals surface area contributed by atoms with Gasteiger partial charge < -0.3 is 30.5 Å². The molecule has 0 unspecified atom stereocenters. The van der Waals surface area contributed by atoms with Gasteiger partial charge in [0.05, 0.1) is 37.8 Å². The third-order valence-corrected chi connectivity index (χ3v) is 9.56. The molecule has 1 aliphatic rings. The van der Waals surface area contributed by atoms with Crippen molar-refractivity contribution in [2.45, 2.75) is 44.8 Å². The Balaban J connectivity index is 0.00000552. The van der Waals surface area contributed by atoms with Crippen molar-refractivity contribution in [2.24, 2.45) is 0 Å². The molecule has 1 fully saturated rings. The summed E-state index contributed by atoms with van der Waals surface area (Å²) in [5.74, 6) is 1.04. The zero-order chi connectivity index (χ0) is 31.5. The number of hydrogen-bond donors (Lipinski definition) is 4. The summed E-state index contributed by atoms with van der Waals surface area (Å²) >= 11 is 0. The van der Waals surface area contributed by atoms with Crippen LogP contribution in [0.4, 0.5) is 11.4 Å². The predicted octanol–water partition coefficient (Wildman–Crippen LogP) is 4.02. The molecule has 4 N–H and O–H groups in total. The molecule has 1 amide bonds. The number of carbonyl (C=O) groups is 1. The summed E-state index contributed by atoms with van der Waals surface area (Å²) in [6, 6.07) is 19.9. The number of benzene rings is 3. The number of halogens is 1. The molecular weight excluding hydrogens is 616 g/mol. The lowest BCUT2D eigenvalue weighted by Gasteiger charge is -2.29. The van der Waals surface area contributed by atoms with Gasteiger partial charge in [-0.2, -0.15) is 0 Å². The van der Waals surface area contributed by atoms with E-state index in [1.54, 1.807) is 32.4 Å². The Bertz CT molecular complexity index is 1490. The minimum Gasteiger partial charge on any atom is -0.493 e. The van der Waals surface area contributed by atoms with E-state index in [0.717, 1.165) is 17.5 Å². The third-order valence-electron chi connectivity index (χ3n) is 7.69. The molecule has 0 bridgehead atoms. The lowest BCUT2D eigenvalue weighted by atomic mass is 10.00. The van der Waals surface area contributed by atoms with E-state index in [9.17, 15) is 18.3 Å². The predicted molar refractivity (Wildman–Crippen MR) is 182 cm³/mol. The lowest BCUT2D eigenvalue weighted by molar-refractivity contribution is 0.0831. The summed E-state index contributed by atoms with van der Waals surface area (Å²) in [7, 11) is -0.248. The Hall–Kier alpha value is -3.51. The first-order valence-electron chi connectivity index (χ1n) is 15.1. The molecule has 0 saturated carbocycles. The molecule has 4 rings (SSSR count). The van der Waals surface area contributed by atoms with Crippen molar-refractivity contribution in [1.29, 1.82) is 0 Å². The van der Waals surface area contributed by atoms with Crippen LogP contribution in [0.15, 0.2) is 66.7 Å². The first-order valence-corrected chi connectivity index (χ1v) is 16.7. The number of nitrogens with one attached hydrogen (secondary N) is 3. The summed E-state index contributed by atoms with van der Waals surface area (Å²) < 4.78 is 38.0. The molecule has 1 aliphatic heterocycles. The van der Waals surface area contributed by atoms with Crippen LogP contribution in [-0.2, 0) is 22.9 Å². The molecule has 10 nitrogen and oxygen atoms in total. The van der Waals surface area contributed by atoms with Crippen molar-refractivity contribution in [3.8, 4) is 11.5 Å². The number of para-hydroxylation sites is 1. The van der Waals surface area contributed by atoms with Crippen LogP contribution in [0.3, 0.4) is 0 Å². The standard InChI is InChI=1S/C33H44N4O6S.ClH/c1-4-35-27-20-26(21-28(22-27)37-17-8-9-18-44(37,40)41)33(39)36-29(19-24-11-6-5-7-12-24)30(38)23-34-16-15-25-13-10-14-31(42-2)32(25)43-3;/h5-7,10-14,20-22,29-30,34-35,38H,4,8-9,15-19,23H2,1-3H3,(H,36,39);1H/t29-,30+;/m0./s1. The minimum absolute atomic E-state index is 0. The Morgan fingerprint density at radius 1 is 1.02 bits per heavy atom. The van der Waals surface area contributed by atoms with Gasteiger partial charge in [-0.15, -0.1) is 12.4 Å². The molecule has 246 valence electrons. The summed E-state index contributed by atoms with van der Waals surface area (Å²) in [6.45, 7) is 3.75. The van der Waals surface area contributed by atoms with Gasteiger partial charge in [0.25, 0.3) is 5.91 Å². The van der Waals surface area contributed by atoms with E-state index < -0.39 is 22.2 Å². The van der Waals surface area contributed by atoms with Crippen LogP contribution in [0.5, 0.6) is 11.5 Å². The highest BCUT2D eigenvalue weighted by molar-refractivity contribution is 7.92. The van der Waals surface area contributed by atoms with Gasteiger partial charge in [0.1, 0.15) is 0 Å². The molecule has 1 heterocycles. The van der Waals surface area contributed by atoms with Gasteiger partial charge in [-0.25, -0.2) is 8.42 Å². The number of carbonyl (C=O) groups excluding carboxylic acids is 1. The molecular formula is C33H45ClN4O6S. The molecule has 0 radical (unpaired) electrons. The zero-order valence-electron chi connectivity index (χ0n) is 26.1. The van der Waals surface area contributed by atoms with E-state index in [2.05, 4.69) is 16.0 Å². The van der Waals surface area contributed by atoms with Gasteiger partial charge in [0.2, 0.25) is 10.0 Å². The Labute approximate surface area is 273 Å². The van der Waals surface area contributed by atoms with Crippen molar-refractivity contribution >= 4 is 39.7 Å². The summed E-state index contributed by atoms with van der Waals surface area (Å²) in [5.41, 5.74) is 3.39. The van der Waals surface area contributed by atoms with Gasteiger partial charge in [-0.05, 0) is 74.5 Å². The smallest absolute Gasteiger partial charge is 0.251 e. The maximum Gasteiger partial charge on any atom is 0.251 e. The normalized spacial score (nSPS) is 15.3. The van der Waals surface area contributed by atoms with E-state index in [-0.39, 0.29) is 30.6 Å². The average molecular weight is 661 g/mol. The topological polar surface area (TPSA) is 129 Å². The van der Waals surface area contributed by atoms with Crippen LogP contribution >= 0.6 is 12.4 Å². The van der Waals surface area contributed by atoms with Gasteiger partial charge >= 0.3 is 0 Å². The van der Waals surface area contributed by atoms with Crippen LogP contribution in [0.2, 0.25) is 0 Å². The SMILES string of the molecule is CCNc1cc(C(=O)N[C@@H](Cc2ccccc2)[C@H](O)CNCCc2cccc(OC)c2OC)cc(N2CCCCS2(=O)=O)c1.Cl. The maximum absolute atomic E-state index is 13.7. The Morgan fingerprint density at radius 3 is 2.49 bits per heavy atom. The summed E-state index contributed by atoms with van der Waals surface area (Å²) in [5, 5.41) is 20.8. The second kappa shape index (κ2) is 17.3. The number of anilines is 2. The van der Waals surface area contributed by atoms with Crippen LogP contribution in [0, 0.1) is 0 Å². The van der Waals surface area contributed by atoms with Crippen molar-refractivity contribution in [1.82, 2.24) is 10.6 Å². The molecule has 1 saturated heterocycles. The summed E-state index contributed by atoms with van der Waals surface area (Å²) in [6.07, 6.45) is 1.56. The number of aliphatic hydroxyl groups excluding tert-OH is 1. The second-order valence-corrected chi connectivity index (χ2v) is 12.9. The molecule has 3 aromatic carbocycles. The van der Waals surface area contributed by atoms with Gasteiger partial charge in [0, 0.05) is 30.9 Å². The van der Waals surface area contributed by atoms with Crippen molar-refractivity contribution in [2.75, 3.05) is 55.8 Å². The molecule has 0 aromatic heterocycles. The highest BCUT2D eigenvalue weighted by Crippen LogP contribution is 2.31. The summed E-state index contributed by atoms with van der Waals surface area (Å²) in [4.78, 5) is 13.7. The fourth-order valence-electron chi connectivity index (χ4n) is 5.44. The van der Waals surface area contributed by atoms with E-state index in [0.29, 0.717) is 67.3 Å². The highest BCUT2D eigenvalue weighted by Gasteiger charge is 2.28. The fourth-order valence-corrected chi connectivity index (χ4v) is 7.06. The maximum atomic E-state index is 13.7. The third kappa shape index (κ3) is 9.74. The monoisotopic (exact) mass is 660 g/mol. The second-order valence-electron chi connectivity index (χ2n) is 10.8. The van der Waals surface area contributed by atoms with Crippen molar-refractivity contribution in [3.05, 3.63) is 83.4 Å². The average Bonchev–Trinajstić information content (AvgIpc) is 3.02. The Kier molecular flexibility index (Phi) is 13.8. The van der Waals surface area contributed by atoms with Gasteiger partial charge in [0.15, 0.2) is 11.5 Å². The quantitative estimate of drug-likeness (QED) is 0.180. The van der Waals surface area contributed by atoms with Crippen molar-refractivity contribution in [3.63, 3.8) is 0 Å². The first-order chi connectivity index (χ1) is 21.2. The van der Waals surface area contributed by atoms with Crippen LogP contribution < -0.4 is 29.7 Å². The molecule has 0 spiro atoms. The fraction of sp³-hybridized carbons (Fsp3) is 0.424. The van der Waals surface area contributed by atoms with Crippen molar-refractivity contribution < 1.29 is 27.8 Å². The van der Waals surface area contributed by atoms with Crippen LogP contribution in [-0.4, -0.2) is 77.7 Å². The molecule has 12 heteroatoms. The van der Waals surface area contributed by atoms with Gasteiger partial charge in [-0.3, -0.25) is 9.10 Å². The molecule has 3 aromatic rings. The largest absolute Gasteiger partial charge is 0.493 e. The Morgan fingerprint density at radius 2 is 1.80 bits per heavy atom. The molecule has 0 aliphatic carbocycles. The van der Waals surface area contributed by atoms with Gasteiger partial charge in [-0.1, -0.05) is 42.5 Å². The first kappa shape index (κ1) is 36.0. The minimum atomic E-state index is -3.46. The highest BCUT2D eigenvalue weighted by atomic mass is 35.5. The molecule has 2 atom stereocenters. The van der Waals surface area contributed by atoms with Crippen LogP contribution in [0.25, 0.3) is 0 Å². The number of rotatable bonds is 15. The van der Waals surface area contributed by atoms with E-state index in [1.807, 2.05) is 55.5 Å².